The maximum absolute atomic E-state index is 12.6. The largest absolute Gasteiger partial charge is 0.398 e. The van der Waals surface area contributed by atoms with Gasteiger partial charge in [-0.05, 0) is 25.5 Å². The molecule has 2 atom stereocenters. The maximum atomic E-state index is 12.6. The van der Waals surface area contributed by atoms with Crippen molar-refractivity contribution in [1.29, 1.82) is 0 Å². The number of anilines is 1. The third-order valence-corrected chi connectivity index (χ3v) is 3.49. The van der Waals surface area contributed by atoms with E-state index in [4.69, 9.17) is 15.6 Å². The number of aliphatic hydroxyl groups excluding tert-OH is 1. The van der Waals surface area contributed by atoms with Gasteiger partial charge in [-0.15, -0.1) is 0 Å². The van der Waals surface area contributed by atoms with Gasteiger partial charge in [0.1, 0.15) is 0 Å². The average molecular weight is 264 g/mol. The van der Waals surface area contributed by atoms with E-state index >= 15 is 0 Å². The van der Waals surface area contributed by atoms with Crippen molar-refractivity contribution in [3.8, 4) is 0 Å². The molecule has 1 aromatic rings. The number of carbonyl (C=O) groups is 1. The number of hydrogen-bond donors (Lipinski definition) is 2. The topological polar surface area (TPSA) is 75.8 Å². The highest BCUT2D eigenvalue weighted by Crippen LogP contribution is 2.22. The standard InChI is InChI=1S/C14H20N2O3/c1-9-4-3-5-12(15)13(9)14(18)16-6-11(7-17)19-8-10(16)2/h3-5,10-11,17H,6-8,15H2,1-2H3. The van der Waals surface area contributed by atoms with Crippen LogP contribution >= 0.6 is 0 Å². The van der Waals surface area contributed by atoms with E-state index in [-0.39, 0.29) is 24.7 Å². The number of nitrogens with two attached hydrogens (primary N) is 1. The number of aliphatic hydroxyl groups is 1. The number of morpholine rings is 1. The number of nitrogens with zero attached hydrogens (tertiary/aromatic N) is 1. The predicted molar refractivity (Wildman–Crippen MR) is 72.9 cm³/mol. The van der Waals surface area contributed by atoms with Gasteiger partial charge in [-0.25, -0.2) is 0 Å². The highest BCUT2D eigenvalue weighted by molar-refractivity contribution is 6.00. The molecule has 1 fully saturated rings. The Bertz CT molecular complexity index is 456. The Balaban J connectivity index is 2.27. The first-order chi connectivity index (χ1) is 9.04. The van der Waals surface area contributed by atoms with Crippen LogP contribution in [0.25, 0.3) is 0 Å². The second-order valence-electron chi connectivity index (χ2n) is 4.98. The predicted octanol–water partition coefficient (Wildman–Crippen LogP) is 0.799. The average Bonchev–Trinajstić information content (AvgIpc) is 2.39. The maximum Gasteiger partial charge on any atom is 0.256 e. The third kappa shape index (κ3) is 2.72. The molecule has 19 heavy (non-hydrogen) atoms. The molecule has 5 nitrogen and oxygen atoms in total. The first-order valence-electron chi connectivity index (χ1n) is 6.43. The van der Waals surface area contributed by atoms with Gasteiger partial charge in [-0.1, -0.05) is 12.1 Å². The van der Waals surface area contributed by atoms with Crippen LogP contribution in [-0.4, -0.2) is 47.8 Å². The fourth-order valence-electron chi connectivity index (χ4n) is 2.34. The molecule has 1 aliphatic heterocycles. The fourth-order valence-corrected chi connectivity index (χ4v) is 2.34. The lowest BCUT2D eigenvalue weighted by atomic mass is 10.0. The van der Waals surface area contributed by atoms with E-state index in [1.807, 2.05) is 26.0 Å². The molecular formula is C14H20N2O3. The number of nitrogen functional groups attached to an aromatic ring is 1. The van der Waals surface area contributed by atoms with Gasteiger partial charge in [0.25, 0.3) is 5.91 Å². The molecule has 2 unspecified atom stereocenters. The SMILES string of the molecule is Cc1cccc(N)c1C(=O)N1CC(CO)OCC1C. The molecule has 0 spiro atoms. The molecule has 1 heterocycles. The van der Waals surface area contributed by atoms with Crippen molar-refractivity contribution in [2.45, 2.75) is 26.0 Å². The lowest BCUT2D eigenvalue weighted by Crippen LogP contribution is -2.52. The van der Waals surface area contributed by atoms with Crippen molar-refractivity contribution in [2.24, 2.45) is 0 Å². The molecule has 3 N–H and O–H groups in total. The Hall–Kier alpha value is -1.59. The van der Waals surface area contributed by atoms with Crippen molar-refractivity contribution in [1.82, 2.24) is 4.90 Å². The summed E-state index contributed by atoms with van der Waals surface area (Å²) in [6.07, 6.45) is -0.314. The van der Waals surface area contributed by atoms with Crippen LogP contribution in [0.3, 0.4) is 0 Å². The number of amides is 1. The summed E-state index contributed by atoms with van der Waals surface area (Å²) in [5.74, 6) is -0.0927. The highest BCUT2D eigenvalue weighted by atomic mass is 16.5. The van der Waals surface area contributed by atoms with Gasteiger partial charge in [-0.2, -0.15) is 0 Å². The van der Waals surface area contributed by atoms with Gasteiger partial charge in [-0.3, -0.25) is 4.79 Å². The third-order valence-electron chi connectivity index (χ3n) is 3.49. The lowest BCUT2D eigenvalue weighted by Gasteiger charge is -2.37. The van der Waals surface area contributed by atoms with E-state index in [2.05, 4.69) is 0 Å². The van der Waals surface area contributed by atoms with Crippen LogP contribution < -0.4 is 5.73 Å². The zero-order valence-electron chi connectivity index (χ0n) is 11.3. The molecule has 2 rings (SSSR count). The Kier molecular flexibility index (Phi) is 4.07. The van der Waals surface area contributed by atoms with Gasteiger partial charge < -0.3 is 20.5 Å². The Morgan fingerprint density at radius 2 is 2.32 bits per heavy atom. The van der Waals surface area contributed by atoms with Crippen LogP contribution in [0.4, 0.5) is 5.69 Å². The number of carbonyl (C=O) groups excluding carboxylic acids is 1. The first-order valence-corrected chi connectivity index (χ1v) is 6.43. The summed E-state index contributed by atoms with van der Waals surface area (Å²) in [5.41, 5.74) is 7.82. The van der Waals surface area contributed by atoms with E-state index in [0.29, 0.717) is 24.4 Å². The molecule has 0 bridgehead atoms. The van der Waals surface area contributed by atoms with Crippen LogP contribution in [-0.2, 0) is 4.74 Å². The van der Waals surface area contributed by atoms with Crippen molar-refractivity contribution >= 4 is 11.6 Å². The molecule has 1 saturated heterocycles. The first kappa shape index (κ1) is 13.8. The van der Waals surface area contributed by atoms with E-state index in [0.717, 1.165) is 5.56 Å². The molecular weight excluding hydrogens is 244 g/mol. The Labute approximate surface area is 113 Å². The van der Waals surface area contributed by atoms with Crippen LogP contribution in [0.2, 0.25) is 0 Å². The summed E-state index contributed by atoms with van der Waals surface area (Å²) < 4.78 is 5.44. The smallest absolute Gasteiger partial charge is 0.256 e. The van der Waals surface area contributed by atoms with Gasteiger partial charge in [0.2, 0.25) is 0 Å². The van der Waals surface area contributed by atoms with Gasteiger partial charge in [0.15, 0.2) is 0 Å². The number of rotatable bonds is 2. The van der Waals surface area contributed by atoms with E-state index < -0.39 is 0 Å². The number of benzene rings is 1. The van der Waals surface area contributed by atoms with Crippen molar-refractivity contribution in [2.75, 3.05) is 25.5 Å². The van der Waals surface area contributed by atoms with E-state index in [1.165, 1.54) is 0 Å². The number of aryl methyl sites for hydroxylation is 1. The monoisotopic (exact) mass is 264 g/mol. The molecule has 104 valence electrons. The van der Waals surface area contributed by atoms with Crippen LogP contribution in [0, 0.1) is 6.92 Å². The van der Waals surface area contributed by atoms with E-state index in [1.54, 1.807) is 11.0 Å². The summed E-state index contributed by atoms with van der Waals surface area (Å²) in [6, 6.07) is 5.42. The molecule has 1 aliphatic rings. The second kappa shape index (κ2) is 5.59. The summed E-state index contributed by atoms with van der Waals surface area (Å²) >= 11 is 0. The highest BCUT2D eigenvalue weighted by Gasteiger charge is 2.31. The van der Waals surface area contributed by atoms with E-state index in [9.17, 15) is 4.79 Å². The molecule has 0 aliphatic carbocycles. The molecule has 0 radical (unpaired) electrons. The number of hydrogen-bond acceptors (Lipinski definition) is 4. The summed E-state index contributed by atoms with van der Waals surface area (Å²) in [5, 5.41) is 9.17. The minimum absolute atomic E-state index is 0.0192. The molecule has 0 saturated carbocycles. The minimum Gasteiger partial charge on any atom is -0.398 e. The number of ether oxygens (including phenoxy) is 1. The minimum atomic E-state index is -0.314. The molecule has 1 amide bonds. The Morgan fingerprint density at radius 3 is 2.95 bits per heavy atom. The van der Waals surface area contributed by atoms with Gasteiger partial charge in [0.05, 0.1) is 30.9 Å². The normalized spacial score (nSPS) is 23.4. The quantitative estimate of drug-likeness (QED) is 0.775. The van der Waals surface area contributed by atoms with Crippen LogP contribution in [0.1, 0.15) is 22.8 Å². The van der Waals surface area contributed by atoms with Crippen LogP contribution in [0.5, 0.6) is 0 Å². The fraction of sp³-hybridized carbons (Fsp3) is 0.500. The summed E-state index contributed by atoms with van der Waals surface area (Å²) in [7, 11) is 0. The lowest BCUT2D eigenvalue weighted by molar-refractivity contribution is -0.0667. The van der Waals surface area contributed by atoms with Gasteiger partial charge >= 0.3 is 0 Å². The van der Waals surface area contributed by atoms with Crippen molar-refractivity contribution in [3.63, 3.8) is 0 Å². The summed E-state index contributed by atoms with van der Waals surface area (Å²) in [6.45, 7) is 4.55. The zero-order chi connectivity index (χ0) is 14.0. The molecule has 1 aromatic carbocycles. The van der Waals surface area contributed by atoms with Crippen molar-refractivity contribution in [3.05, 3.63) is 29.3 Å². The Morgan fingerprint density at radius 1 is 1.58 bits per heavy atom. The van der Waals surface area contributed by atoms with Crippen molar-refractivity contribution < 1.29 is 14.6 Å². The molecule has 5 heteroatoms. The second-order valence-corrected chi connectivity index (χ2v) is 4.98. The van der Waals surface area contributed by atoms with Gasteiger partial charge in [0, 0.05) is 12.2 Å². The molecule has 0 aromatic heterocycles. The van der Waals surface area contributed by atoms with Crippen LogP contribution in [0.15, 0.2) is 18.2 Å². The summed E-state index contributed by atoms with van der Waals surface area (Å²) in [4.78, 5) is 14.3. The zero-order valence-corrected chi connectivity index (χ0v) is 11.3.